The fourth-order valence-corrected chi connectivity index (χ4v) is 2.75. The summed E-state index contributed by atoms with van der Waals surface area (Å²) in [5, 5.41) is 18.3. The Balaban J connectivity index is 1.96. The zero-order valence-corrected chi connectivity index (χ0v) is 15.8. The maximum Gasteiger partial charge on any atom is 0.353 e. The van der Waals surface area contributed by atoms with Gasteiger partial charge in [-0.05, 0) is 42.3 Å². The molecule has 27 heavy (non-hydrogen) atoms. The second-order valence-corrected chi connectivity index (χ2v) is 6.44. The fourth-order valence-electron chi connectivity index (χ4n) is 2.42. The quantitative estimate of drug-likeness (QED) is 0.402. The largest absolute Gasteiger partial charge is 0.353 e. The van der Waals surface area contributed by atoms with Crippen LogP contribution in [0.3, 0.4) is 0 Å². The number of aromatic nitrogens is 2. The minimum absolute atomic E-state index is 0.00634. The van der Waals surface area contributed by atoms with E-state index >= 15 is 0 Å². The molecule has 2 aromatic carbocycles. The van der Waals surface area contributed by atoms with E-state index in [0.29, 0.717) is 21.4 Å². The standard InChI is InChI=1S/C18H15Cl2N5O2/c1-2-11-3-6-13(7-4-11)23-17-16(25(26)27)18(22-10-21-17)24-15-9-12(19)5-8-14(15)20/h3-10H,2H2,1H3,(H2,21,22,23,24). The monoisotopic (exact) mass is 403 g/mol. The molecule has 0 atom stereocenters. The molecule has 7 nitrogen and oxygen atoms in total. The molecular formula is C18H15Cl2N5O2. The highest BCUT2D eigenvalue weighted by Gasteiger charge is 2.24. The van der Waals surface area contributed by atoms with E-state index < -0.39 is 4.92 Å². The normalized spacial score (nSPS) is 10.5. The number of hydrogen-bond acceptors (Lipinski definition) is 6. The third-order valence-electron chi connectivity index (χ3n) is 3.81. The second-order valence-electron chi connectivity index (χ2n) is 5.60. The summed E-state index contributed by atoms with van der Waals surface area (Å²) in [6, 6.07) is 12.3. The molecule has 0 aliphatic heterocycles. The highest BCUT2D eigenvalue weighted by molar-refractivity contribution is 6.35. The van der Waals surface area contributed by atoms with Crippen LogP contribution in [0.25, 0.3) is 0 Å². The van der Waals surface area contributed by atoms with Crippen molar-refractivity contribution >= 4 is 51.9 Å². The molecule has 0 aliphatic rings. The van der Waals surface area contributed by atoms with Gasteiger partial charge in [0.05, 0.1) is 15.6 Å². The smallest absolute Gasteiger partial charge is 0.334 e. The third kappa shape index (κ3) is 4.45. The molecule has 2 N–H and O–H groups in total. The van der Waals surface area contributed by atoms with Crippen LogP contribution >= 0.6 is 23.2 Å². The van der Waals surface area contributed by atoms with Crippen LogP contribution in [0.15, 0.2) is 48.8 Å². The molecular weight excluding hydrogens is 389 g/mol. The zero-order chi connectivity index (χ0) is 19.4. The summed E-state index contributed by atoms with van der Waals surface area (Å²) < 4.78 is 0. The zero-order valence-electron chi connectivity index (χ0n) is 14.2. The molecule has 0 fully saturated rings. The summed E-state index contributed by atoms with van der Waals surface area (Å²) in [6.45, 7) is 2.05. The molecule has 0 unspecified atom stereocenters. The Kier molecular flexibility index (Phi) is 5.73. The summed E-state index contributed by atoms with van der Waals surface area (Å²) in [7, 11) is 0. The Labute approximate surface area is 165 Å². The van der Waals surface area contributed by atoms with E-state index in [1.807, 2.05) is 24.3 Å². The first kappa shape index (κ1) is 18.9. The number of nitrogens with one attached hydrogen (secondary N) is 2. The summed E-state index contributed by atoms with van der Waals surface area (Å²) in [5.74, 6) is 0.0757. The molecule has 1 aromatic heterocycles. The van der Waals surface area contributed by atoms with E-state index in [2.05, 4.69) is 27.5 Å². The van der Waals surface area contributed by atoms with Crippen molar-refractivity contribution in [3.8, 4) is 0 Å². The van der Waals surface area contributed by atoms with Crippen molar-refractivity contribution in [1.29, 1.82) is 0 Å². The number of nitro groups is 1. The predicted molar refractivity (Wildman–Crippen MR) is 108 cm³/mol. The predicted octanol–water partition coefficient (Wildman–Crippen LogP) is 5.74. The van der Waals surface area contributed by atoms with Crippen molar-refractivity contribution in [1.82, 2.24) is 9.97 Å². The molecule has 0 radical (unpaired) electrons. The minimum Gasteiger partial charge on any atom is -0.334 e. The molecule has 9 heteroatoms. The number of nitrogens with zero attached hydrogens (tertiary/aromatic N) is 3. The van der Waals surface area contributed by atoms with Gasteiger partial charge in [0.1, 0.15) is 6.33 Å². The van der Waals surface area contributed by atoms with Crippen LogP contribution in [0.2, 0.25) is 10.0 Å². The van der Waals surface area contributed by atoms with Crippen molar-refractivity contribution in [3.05, 3.63) is 74.5 Å². The fraction of sp³-hybridized carbons (Fsp3) is 0.111. The average Bonchev–Trinajstić information content (AvgIpc) is 2.65. The van der Waals surface area contributed by atoms with Crippen molar-refractivity contribution in [2.75, 3.05) is 10.6 Å². The van der Waals surface area contributed by atoms with Gasteiger partial charge in [-0.2, -0.15) is 0 Å². The molecule has 0 saturated carbocycles. The maximum atomic E-state index is 11.7. The van der Waals surface area contributed by atoms with Gasteiger partial charge in [-0.1, -0.05) is 42.3 Å². The maximum absolute atomic E-state index is 11.7. The molecule has 0 bridgehead atoms. The van der Waals surface area contributed by atoms with Gasteiger partial charge in [0.2, 0.25) is 11.6 Å². The Morgan fingerprint density at radius 1 is 1.04 bits per heavy atom. The van der Waals surface area contributed by atoms with Gasteiger partial charge < -0.3 is 10.6 Å². The second kappa shape index (κ2) is 8.20. The number of benzene rings is 2. The Morgan fingerprint density at radius 3 is 2.33 bits per heavy atom. The lowest BCUT2D eigenvalue weighted by Gasteiger charge is -2.11. The van der Waals surface area contributed by atoms with E-state index in [1.54, 1.807) is 18.2 Å². The third-order valence-corrected chi connectivity index (χ3v) is 4.38. The van der Waals surface area contributed by atoms with Crippen LogP contribution in [0, 0.1) is 10.1 Å². The van der Waals surface area contributed by atoms with Crippen molar-refractivity contribution < 1.29 is 4.92 Å². The first-order valence-electron chi connectivity index (χ1n) is 8.05. The van der Waals surface area contributed by atoms with Crippen molar-refractivity contribution in [3.63, 3.8) is 0 Å². The van der Waals surface area contributed by atoms with Gasteiger partial charge in [-0.25, -0.2) is 9.97 Å². The van der Waals surface area contributed by atoms with Gasteiger partial charge in [-0.15, -0.1) is 0 Å². The highest BCUT2D eigenvalue weighted by atomic mass is 35.5. The van der Waals surface area contributed by atoms with Gasteiger partial charge in [0.25, 0.3) is 0 Å². The number of halogens is 2. The molecule has 0 saturated heterocycles. The number of anilines is 4. The lowest BCUT2D eigenvalue weighted by molar-refractivity contribution is -0.383. The summed E-state index contributed by atoms with van der Waals surface area (Å²) in [5.41, 5.74) is 1.95. The van der Waals surface area contributed by atoms with Crippen LogP contribution in [-0.4, -0.2) is 14.9 Å². The lowest BCUT2D eigenvalue weighted by Crippen LogP contribution is -2.05. The topological polar surface area (TPSA) is 93.0 Å². The average molecular weight is 404 g/mol. The van der Waals surface area contributed by atoms with E-state index in [4.69, 9.17) is 23.2 Å². The first-order valence-corrected chi connectivity index (χ1v) is 8.81. The SMILES string of the molecule is CCc1ccc(Nc2ncnc(Nc3cc(Cl)ccc3Cl)c2[N+](=O)[O-])cc1. The van der Waals surface area contributed by atoms with E-state index in [-0.39, 0.29) is 17.3 Å². The summed E-state index contributed by atoms with van der Waals surface area (Å²) in [6.07, 6.45) is 2.14. The van der Waals surface area contributed by atoms with Crippen LogP contribution in [0.4, 0.5) is 28.7 Å². The van der Waals surface area contributed by atoms with Crippen LogP contribution in [0.5, 0.6) is 0 Å². The molecule has 1 heterocycles. The van der Waals surface area contributed by atoms with E-state index in [9.17, 15) is 10.1 Å². The summed E-state index contributed by atoms with van der Waals surface area (Å²) >= 11 is 12.1. The minimum atomic E-state index is -0.552. The number of aryl methyl sites for hydroxylation is 1. The summed E-state index contributed by atoms with van der Waals surface area (Å²) in [4.78, 5) is 19.1. The highest BCUT2D eigenvalue weighted by Crippen LogP contribution is 2.35. The van der Waals surface area contributed by atoms with Gasteiger partial charge in [0, 0.05) is 10.7 Å². The molecule has 3 aromatic rings. The van der Waals surface area contributed by atoms with E-state index in [1.165, 1.54) is 6.33 Å². The molecule has 0 amide bonds. The van der Waals surface area contributed by atoms with Crippen molar-refractivity contribution in [2.45, 2.75) is 13.3 Å². The van der Waals surface area contributed by atoms with Crippen LogP contribution in [-0.2, 0) is 6.42 Å². The Bertz CT molecular complexity index is 980. The van der Waals surface area contributed by atoms with Crippen molar-refractivity contribution in [2.24, 2.45) is 0 Å². The van der Waals surface area contributed by atoms with Gasteiger partial charge in [0.15, 0.2) is 0 Å². The number of rotatable bonds is 6. The van der Waals surface area contributed by atoms with E-state index in [0.717, 1.165) is 12.0 Å². The Hall–Kier alpha value is -2.90. The van der Waals surface area contributed by atoms with Gasteiger partial charge >= 0.3 is 5.69 Å². The molecule has 0 aliphatic carbocycles. The Morgan fingerprint density at radius 2 is 1.70 bits per heavy atom. The van der Waals surface area contributed by atoms with Gasteiger partial charge in [-0.3, -0.25) is 10.1 Å². The lowest BCUT2D eigenvalue weighted by atomic mass is 10.1. The first-order chi connectivity index (χ1) is 13.0. The molecule has 138 valence electrons. The molecule has 3 rings (SSSR count). The molecule has 0 spiro atoms. The van der Waals surface area contributed by atoms with Crippen LogP contribution in [0.1, 0.15) is 12.5 Å². The number of hydrogen-bond donors (Lipinski definition) is 2. The van der Waals surface area contributed by atoms with Crippen LogP contribution < -0.4 is 10.6 Å².